The van der Waals surface area contributed by atoms with E-state index in [0.717, 1.165) is 18.4 Å². The van der Waals surface area contributed by atoms with Gasteiger partial charge in [0.05, 0.1) is 6.10 Å². The molecule has 0 amide bonds. The van der Waals surface area contributed by atoms with Crippen molar-refractivity contribution in [3.05, 3.63) is 23.9 Å². The molecule has 0 saturated heterocycles. The molecule has 0 radical (unpaired) electrons. The number of aromatic nitrogens is 1. The van der Waals surface area contributed by atoms with Crippen molar-refractivity contribution in [2.24, 2.45) is 5.73 Å². The second-order valence-corrected chi connectivity index (χ2v) is 6.45. The van der Waals surface area contributed by atoms with Crippen molar-refractivity contribution in [1.82, 2.24) is 9.71 Å². The molecule has 7 heteroatoms. The average Bonchev–Trinajstić information content (AvgIpc) is 2.42. The Hall–Kier alpha value is -1.02. The van der Waals surface area contributed by atoms with E-state index in [1.54, 1.807) is 6.07 Å². The molecule has 1 rings (SSSR count). The van der Waals surface area contributed by atoms with E-state index in [2.05, 4.69) is 9.71 Å². The van der Waals surface area contributed by atoms with E-state index < -0.39 is 10.0 Å². The summed E-state index contributed by atoms with van der Waals surface area (Å²) in [5, 5.41) is 0.0214. The SMILES string of the molecule is CC(C)OCCCCNS(=O)(=O)c1ccc(CN)cn1. The lowest BCUT2D eigenvalue weighted by Gasteiger charge is -2.08. The molecule has 0 fully saturated rings. The van der Waals surface area contributed by atoms with Gasteiger partial charge in [0.2, 0.25) is 0 Å². The van der Waals surface area contributed by atoms with E-state index in [0.29, 0.717) is 19.7 Å². The molecule has 1 aromatic heterocycles. The van der Waals surface area contributed by atoms with Crippen LogP contribution >= 0.6 is 0 Å². The smallest absolute Gasteiger partial charge is 0.258 e. The van der Waals surface area contributed by atoms with E-state index in [4.69, 9.17) is 10.5 Å². The van der Waals surface area contributed by atoms with Crippen LogP contribution in [-0.4, -0.2) is 32.7 Å². The first-order valence-corrected chi connectivity index (χ1v) is 8.20. The molecule has 0 atom stereocenters. The number of nitrogens with one attached hydrogen (secondary N) is 1. The highest BCUT2D eigenvalue weighted by atomic mass is 32.2. The Kier molecular flexibility index (Phi) is 7.08. The zero-order chi connectivity index (χ0) is 15.0. The summed E-state index contributed by atoms with van der Waals surface area (Å²) in [6.45, 7) is 5.31. The van der Waals surface area contributed by atoms with Crippen LogP contribution in [-0.2, 0) is 21.3 Å². The maximum absolute atomic E-state index is 11.9. The molecule has 0 aliphatic heterocycles. The van der Waals surface area contributed by atoms with Gasteiger partial charge in [0.15, 0.2) is 5.03 Å². The van der Waals surface area contributed by atoms with Crippen LogP contribution in [0.3, 0.4) is 0 Å². The zero-order valence-electron chi connectivity index (χ0n) is 12.0. The molecule has 114 valence electrons. The molecule has 0 saturated carbocycles. The topological polar surface area (TPSA) is 94.3 Å². The average molecular weight is 301 g/mol. The molecule has 0 unspecified atom stereocenters. The van der Waals surface area contributed by atoms with Gasteiger partial charge in [-0.05, 0) is 38.3 Å². The third-order valence-electron chi connectivity index (χ3n) is 2.62. The molecule has 0 bridgehead atoms. The number of hydrogen-bond acceptors (Lipinski definition) is 5. The summed E-state index contributed by atoms with van der Waals surface area (Å²) in [6, 6.07) is 3.13. The summed E-state index contributed by atoms with van der Waals surface area (Å²) in [5.74, 6) is 0. The van der Waals surface area contributed by atoms with Crippen molar-refractivity contribution in [1.29, 1.82) is 0 Å². The van der Waals surface area contributed by atoms with Gasteiger partial charge in [-0.3, -0.25) is 0 Å². The van der Waals surface area contributed by atoms with Gasteiger partial charge in [-0.1, -0.05) is 6.07 Å². The van der Waals surface area contributed by atoms with E-state index in [9.17, 15) is 8.42 Å². The van der Waals surface area contributed by atoms with Gasteiger partial charge in [-0.15, -0.1) is 0 Å². The minimum Gasteiger partial charge on any atom is -0.379 e. The highest BCUT2D eigenvalue weighted by molar-refractivity contribution is 7.89. The molecule has 0 aliphatic carbocycles. The van der Waals surface area contributed by atoms with E-state index >= 15 is 0 Å². The molecular weight excluding hydrogens is 278 g/mol. The minimum absolute atomic E-state index is 0.0214. The highest BCUT2D eigenvalue weighted by Gasteiger charge is 2.14. The maximum Gasteiger partial charge on any atom is 0.258 e. The van der Waals surface area contributed by atoms with Gasteiger partial charge < -0.3 is 10.5 Å². The van der Waals surface area contributed by atoms with Crippen molar-refractivity contribution >= 4 is 10.0 Å². The third kappa shape index (κ3) is 5.96. The number of nitrogens with zero attached hydrogens (tertiary/aromatic N) is 1. The number of pyridine rings is 1. The summed E-state index contributed by atoms with van der Waals surface area (Å²) in [7, 11) is -3.53. The Balaban J connectivity index is 2.37. The summed E-state index contributed by atoms with van der Waals surface area (Å²) in [4.78, 5) is 3.90. The molecule has 0 aromatic carbocycles. The first kappa shape index (κ1) is 17.0. The fourth-order valence-corrected chi connectivity index (χ4v) is 2.52. The van der Waals surface area contributed by atoms with Crippen LogP contribution in [0, 0.1) is 0 Å². The molecule has 3 N–H and O–H groups in total. The largest absolute Gasteiger partial charge is 0.379 e. The Labute approximate surface area is 120 Å². The maximum atomic E-state index is 11.9. The molecule has 1 aromatic rings. The van der Waals surface area contributed by atoms with Gasteiger partial charge in [0, 0.05) is 25.9 Å². The summed E-state index contributed by atoms with van der Waals surface area (Å²) in [6.07, 6.45) is 3.23. The van der Waals surface area contributed by atoms with E-state index in [1.165, 1.54) is 12.3 Å². The normalized spacial score (nSPS) is 12.0. The first-order valence-electron chi connectivity index (χ1n) is 6.72. The lowest BCUT2D eigenvalue weighted by Crippen LogP contribution is -2.26. The monoisotopic (exact) mass is 301 g/mol. The van der Waals surface area contributed by atoms with Crippen LogP contribution in [0.1, 0.15) is 32.3 Å². The van der Waals surface area contributed by atoms with Gasteiger partial charge >= 0.3 is 0 Å². The van der Waals surface area contributed by atoms with Crippen molar-refractivity contribution in [2.75, 3.05) is 13.2 Å². The second kappa shape index (κ2) is 8.31. The van der Waals surface area contributed by atoms with Crippen molar-refractivity contribution in [3.63, 3.8) is 0 Å². The number of unbranched alkanes of at least 4 members (excludes halogenated alkanes) is 1. The van der Waals surface area contributed by atoms with E-state index in [-0.39, 0.29) is 11.1 Å². The molecule has 1 heterocycles. The molecule has 0 aliphatic rings. The molecule has 6 nitrogen and oxygen atoms in total. The fourth-order valence-electron chi connectivity index (χ4n) is 1.52. The number of hydrogen-bond donors (Lipinski definition) is 2. The lowest BCUT2D eigenvalue weighted by molar-refractivity contribution is 0.0762. The summed E-state index contributed by atoms with van der Waals surface area (Å²) >= 11 is 0. The number of nitrogens with two attached hydrogens (primary N) is 1. The Morgan fingerprint density at radius 3 is 2.65 bits per heavy atom. The minimum atomic E-state index is -3.53. The quantitative estimate of drug-likeness (QED) is 0.664. The summed E-state index contributed by atoms with van der Waals surface area (Å²) < 4.78 is 31.8. The van der Waals surface area contributed by atoms with Crippen molar-refractivity contribution < 1.29 is 13.2 Å². The van der Waals surface area contributed by atoms with Crippen LogP contribution < -0.4 is 10.5 Å². The van der Waals surface area contributed by atoms with Crippen LogP contribution in [0.25, 0.3) is 0 Å². The first-order chi connectivity index (χ1) is 9.45. The van der Waals surface area contributed by atoms with Crippen molar-refractivity contribution in [2.45, 2.75) is 44.4 Å². The van der Waals surface area contributed by atoms with Gasteiger partial charge in [0.1, 0.15) is 0 Å². The van der Waals surface area contributed by atoms with Crippen LogP contribution in [0.2, 0.25) is 0 Å². The standard InChI is InChI=1S/C13H23N3O3S/c1-11(2)19-8-4-3-7-16-20(17,18)13-6-5-12(9-14)10-15-13/h5-6,10-11,16H,3-4,7-9,14H2,1-2H3. The van der Waals surface area contributed by atoms with Crippen molar-refractivity contribution in [3.8, 4) is 0 Å². The molecule has 20 heavy (non-hydrogen) atoms. The van der Waals surface area contributed by atoms with Gasteiger partial charge in [-0.2, -0.15) is 0 Å². The predicted octanol–water partition coefficient (Wildman–Crippen LogP) is 1.02. The highest BCUT2D eigenvalue weighted by Crippen LogP contribution is 2.06. The Morgan fingerprint density at radius 1 is 1.35 bits per heavy atom. The van der Waals surface area contributed by atoms with Crippen LogP contribution in [0.15, 0.2) is 23.4 Å². The van der Waals surface area contributed by atoms with Crippen LogP contribution in [0.4, 0.5) is 0 Å². The number of rotatable bonds is 9. The number of ether oxygens (including phenoxy) is 1. The Bertz CT molecular complexity index is 486. The zero-order valence-corrected chi connectivity index (χ0v) is 12.8. The van der Waals surface area contributed by atoms with Gasteiger partial charge in [0.25, 0.3) is 10.0 Å². The molecule has 0 spiro atoms. The van der Waals surface area contributed by atoms with Gasteiger partial charge in [-0.25, -0.2) is 18.1 Å². The lowest BCUT2D eigenvalue weighted by atomic mass is 10.3. The predicted molar refractivity (Wildman–Crippen MR) is 77.6 cm³/mol. The number of sulfonamides is 1. The third-order valence-corrected chi connectivity index (χ3v) is 4.00. The second-order valence-electron chi connectivity index (χ2n) is 4.73. The summed E-state index contributed by atoms with van der Waals surface area (Å²) in [5.41, 5.74) is 6.24. The Morgan fingerprint density at radius 2 is 2.10 bits per heavy atom. The fraction of sp³-hybridized carbons (Fsp3) is 0.615. The van der Waals surface area contributed by atoms with E-state index in [1.807, 2.05) is 13.8 Å². The van der Waals surface area contributed by atoms with Crippen LogP contribution in [0.5, 0.6) is 0 Å². The molecular formula is C13H23N3O3S.